The zero-order chi connectivity index (χ0) is 3.58. The van der Waals surface area contributed by atoms with Gasteiger partial charge < -0.3 is 48.2 Å². The Hall–Kier alpha value is -0.521. The van der Waals surface area contributed by atoms with Crippen LogP contribution in [0.25, 0.3) is 0 Å². The summed E-state index contributed by atoms with van der Waals surface area (Å²) in [4.78, 5) is 8.25. The van der Waals surface area contributed by atoms with E-state index >= 15 is 0 Å². The van der Waals surface area contributed by atoms with Crippen molar-refractivity contribution in [3.05, 3.63) is 15.3 Å². The van der Waals surface area contributed by atoms with E-state index in [-0.39, 0.29) is 49.9 Å². The minimum Gasteiger partial charge on any atom is -0.412 e. The van der Waals surface area contributed by atoms with Crippen molar-refractivity contribution in [3.8, 4) is 0 Å². The molecule has 0 atom stereocenters. The molecule has 0 rings (SSSR count). The maximum absolute atomic E-state index is 8.25. The van der Waals surface area contributed by atoms with E-state index in [4.69, 9.17) is 15.3 Å². The fourth-order valence-electron chi connectivity index (χ4n) is 0. The molecule has 0 aromatic carbocycles. The molecule has 78 valence electrons. The second-order valence-corrected chi connectivity index (χ2v) is 0.224. The molecule has 0 fully saturated rings. The minimum absolute atomic E-state index is 0. The standard InChI is InChI=1S/Fe.NO3.6H2O/c;2-1(3)4;;;;;;/h;;6*1H2/q+2;-1;;;;;;. The topological polar surface area (TPSA) is 255 Å². The molecule has 0 saturated carbocycles. The Morgan fingerprint density at radius 1 is 0.727 bits per heavy atom. The molecule has 0 spiro atoms. The number of hydrogen-bond acceptors (Lipinski definition) is 3. The summed E-state index contributed by atoms with van der Waals surface area (Å²) in [5.74, 6) is 0. The smallest absolute Gasteiger partial charge is 0.412 e. The molecule has 0 amide bonds. The van der Waals surface area contributed by atoms with E-state index in [1.165, 1.54) is 0 Å². The molecule has 0 bridgehead atoms. The van der Waals surface area contributed by atoms with Crippen LogP contribution < -0.4 is 0 Å². The van der Waals surface area contributed by atoms with Gasteiger partial charge in [-0.15, -0.1) is 0 Å². The first-order valence-corrected chi connectivity index (χ1v) is 0.548. The zero-order valence-corrected chi connectivity index (χ0v) is 6.13. The summed E-state index contributed by atoms with van der Waals surface area (Å²) in [6, 6.07) is 0. The Bertz CT molecular complexity index is 32.5. The first-order valence-electron chi connectivity index (χ1n) is 0.548. The Labute approximate surface area is 71.3 Å². The third-order valence-electron chi connectivity index (χ3n) is 0. The summed E-state index contributed by atoms with van der Waals surface area (Å²) in [7, 11) is 0. The Morgan fingerprint density at radius 3 is 0.727 bits per heavy atom. The van der Waals surface area contributed by atoms with Crippen LogP contribution in [0.5, 0.6) is 0 Å². The molecule has 0 aliphatic rings. The third-order valence-corrected chi connectivity index (χ3v) is 0. The fraction of sp³-hybridized carbons (Fsp3) is 0. The van der Waals surface area contributed by atoms with Gasteiger partial charge in [-0.25, -0.2) is 0 Å². The van der Waals surface area contributed by atoms with Gasteiger partial charge in [0.2, 0.25) is 0 Å². The van der Waals surface area contributed by atoms with Gasteiger partial charge in [-0.3, -0.25) is 0 Å². The molecule has 0 aliphatic carbocycles. The molecule has 11 heteroatoms. The van der Waals surface area contributed by atoms with E-state index in [1.807, 2.05) is 0 Å². The van der Waals surface area contributed by atoms with Gasteiger partial charge in [-0.1, -0.05) is 0 Å². The van der Waals surface area contributed by atoms with E-state index in [0.717, 1.165) is 0 Å². The number of hydrogen-bond donors (Lipinski definition) is 0. The van der Waals surface area contributed by atoms with Crippen LogP contribution in [0.3, 0.4) is 0 Å². The second-order valence-electron chi connectivity index (χ2n) is 0.224. The molecular weight excluding hydrogens is 214 g/mol. The molecule has 0 aromatic heterocycles. The van der Waals surface area contributed by atoms with Crippen molar-refractivity contribution < 1.29 is 55.0 Å². The molecule has 10 nitrogen and oxygen atoms in total. The quantitative estimate of drug-likeness (QED) is 0.223. The molecule has 0 heterocycles. The van der Waals surface area contributed by atoms with Crippen LogP contribution in [0.1, 0.15) is 0 Å². The predicted molar refractivity (Wildman–Crippen MR) is 32.0 cm³/mol. The van der Waals surface area contributed by atoms with E-state index in [9.17, 15) is 0 Å². The van der Waals surface area contributed by atoms with Crippen LogP contribution in [0, 0.1) is 15.3 Å². The molecule has 11 heavy (non-hydrogen) atoms. The van der Waals surface area contributed by atoms with E-state index in [1.54, 1.807) is 0 Å². The maximum atomic E-state index is 8.25. The minimum atomic E-state index is -1.75. The summed E-state index contributed by atoms with van der Waals surface area (Å²) in [5.41, 5.74) is 0. The van der Waals surface area contributed by atoms with Crippen molar-refractivity contribution in [2.75, 3.05) is 0 Å². The predicted octanol–water partition coefficient (Wildman–Crippen LogP) is -5.19. The summed E-state index contributed by atoms with van der Waals surface area (Å²) in [6.45, 7) is 0. The van der Waals surface area contributed by atoms with Crippen molar-refractivity contribution in [3.63, 3.8) is 0 Å². The number of nitrogens with zero attached hydrogens (tertiary/aromatic N) is 1. The average molecular weight is 226 g/mol. The van der Waals surface area contributed by atoms with Gasteiger partial charge in [-0.05, 0) is 0 Å². The average Bonchev–Trinajstić information content (AvgIpc) is 0.811. The third kappa shape index (κ3) is 1960. The fourth-order valence-corrected chi connectivity index (χ4v) is 0. The van der Waals surface area contributed by atoms with E-state index in [0.29, 0.717) is 0 Å². The normalized spacial score (nSPS) is 2.18. The van der Waals surface area contributed by atoms with Gasteiger partial charge in [0.05, 0.1) is 5.09 Å². The SMILES string of the molecule is O.O.O.O.O.O.O=[N+]([O-])[O-].[Fe+2]. The zero-order valence-electron chi connectivity index (χ0n) is 5.03. The molecular formula is H12FeNO9+. The summed E-state index contributed by atoms with van der Waals surface area (Å²) >= 11 is 0. The number of rotatable bonds is 0. The van der Waals surface area contributed by atoms with Gasteiger partial charge in [0.1, 0.15) is 0 Å². The van der Waals surface area contributed by atoms with Gasteiger partial charge >= 0.3 is 17.1 Å². The summed E-state index contributed by atoms with van der Waals surface area (Å²) in [5, 5.41) is 14.8. The summed E-state index contributed by atoms with van der Waals surface area (Å²) < 4.78 is 0. The molecule has 0 radical (unpaired) electrons. The Balaban J connectivity index is -0.00000000214. The molecule has 0 aliphatic heterocycles. The first-order chi connectivity index (χ1) is 1.73. The van der Waals surface area contributed by atoms with Crippen molar-refractivity contribution in [1.29, 1.82) is 0 Å². The van der Waals surface area contributed by atoms with Crippen LogP contribution in [0.15, 0.2) is 0 Å². The molecule has 0 unspecified atom stereocenters. The Kier molecular flexibility index (Phi) is 1540. The van der Waals surface area contributed by atoms with Gasteiger partial charge in [0, 0.05) is 0 Å². The van der Waals surface area contributed by atoms with Crippen molar-refractivity contribution in [2.45, 2.75) is 0 Å². The van der Waals surface area contributed by atoms with E-state index in [2.05, 4.69) is 0 Å². The first kappa shape index (κ1) is 153. The maximum Gasteiger partial charge on any atom is 2.00 e. The largest absolute Gasteiger partial charge is 2.00 e. The molecule has 0 aromatic rings. The second kappa shape index (κ2) is 111. The van der Waals surface area contributed by atoms with Crippen LogP contribution in [-0.2, 0) is 17.1 Å². The van der Waals surface area contributed by atoms with Crippen LogP contribution >= 0.6 is 0 Å². The van der Waals surface area contributed by atoms with Crippen LogP contribution in [-0.4, -0.2) is 37.9 Å². The summed E-state index contributed by atoms with van der Waals surface area (Å²) in [6.07, 6.45) is 0. The monoisotopic (exact) mass is 226 g/mol. The Morgan fingerprint density at radius 2 is 0.727 bits per heavy atom. The van der Waals surface area contributed by atoms with E-state index < -0.39 is 5.09 Å². The molecule has 0 saturated heterocycles. The van der Waals surface area contributed by atoms with Crippen molar-refractivity contribution in [1.82, 2.24) is 0 Å². The van der Waals surface area contributed by atoms with Gasteiger partial charge in [-0.2, -0.15) is 0 Å². The van der Waals surface area contributed by atoms with Crippen molar-refractivity contribution >= 4 is 0 Å². The molecule has 12 N–H and O–H groups in total. The van der Waals surface area contributed by atoms with Gasteiger partial charge in [0.15, 0.2) is 0 Å². The van der Waals surface area contributed by atoms with Crippen LogP contribution in [0.4, 0.5) is 0 Å². The van der Waals surface area contributed by atoms with Crippen LogP contribution in [0.2, 0.25) is 0 Å². The van der Waals surface area contributed by atoms with Crippen molar-refractivity contribution in [2.24, 2.45) is 0 Å². The van der Waals surface area contributed by atoms with Gasteiger partial charge in [0.25, 0.3) is 0 Å².